The molecule has 0 aliphatic heterocycles. The van der Waals surface area contributed by atoms with E-state index >= 15 is 0 Å². The predicted molar refractivity (Wildman–Crippen MR) is 101 cm³/mol. The van der Waals surface area contributed by atoms with Gasteiger partial charge in [0, 0.05) is 45.2 Å². The van der Waals surface area contributed by atoms with Crippen LogP contribution in [0.2, 0.25) is 0 Å². The summed E-state index contributed by atoms with van der Waals surface area (Å²) in [5, 5.41) is 0. The van der Waals surface area contributed by atoms with Gasteiger partial charge in [0.25, 0.3) is 5.91 Å². The van der Waals surface area contributed by atoms with Gasteiger partial charge in [0.1, 0.15) is 0 Å². The highest BCUT2D eigenvalue weighted by atomic mass is 32.2. The lowest BCUT2D eigenvalue weighted by molar-refractivity contribution is 0.0784. The van der Waals surface area contributed by atoms with Crippen molar-refractivity contribution in [2.45, 2.75) is 18.4 Å². The highest BCUT2D eigenvalue weighted by Crippen LogP contribution is 2.19. The lowest BCUT2D eigenvalue weighted by Gasteiger charge is -2.20. The minimum atomic E-state index is -3.35. The first-order valence-electron chi connectivity index (χ1n) is 7.92. The van der Waals surface area contributed by atoms with Gasteiger partial charge in [0.05, 0.1) is 4.90 Å². The lowest BCUT2D eigenvalue weighted by atomic mass is 10.1. The molecule has 0 atom stereocenters. The molecule has 0 N–H and O–H groups in total. The molecule has 0 unspecified atom stereocenters. The Morgan fingerprint density at radius 1 is 1.00 bits per heavy atom. The first-order valence-corrected chi connectivity index (χ1v) is 9.81. The third-order valence-corrected chi connectivity index (χ3v) is 5.20. The molecule has 0 saturated heterocycles. The van der Waals surface area contributed by atoms with Crippen LogP contribution < -0.4 is 4.90 Å². The van der Waals surface area contributed by atoms with Crippen molar-refractivity contribution in [2.24, 2.45) is 0 Å². The molecule has 25 heavy (non-hydrogen) atoms. The van der Waals surface area contributed by atoms with Crippen molar-refractivity contribution < 1.29 is 13.2 Å². The van der Waals surface area contributed by atoms with Crippen molar-refractivity contribution in [3.8, 4) is 0 Å². The highest BCUT2D eigenvalue weighted by molar-refractivity contribution is 7.90. The number of rotatable bonds is 5. The van der Waals surface area contributed by atoms with Crippen LogP contribution in [-0.4, -0.2) is 46.6 Å². The van der Waals surface area contributed by atoms with E-state index in [4.69, 9.17) is 0 Å². The van der Waals surface area contributed by atoms with Gasteiger partial charge < -0.3 is 9.80 Å². The largest absolute Gasteiger partial charge is 0.378 e. The molecule has 0 aliphatic rings. The zero-order valence-corrected chi connectivity index (χ0v) is 16.1. The summed E-state index contributed by atoms with van der Waals surface area (Å²) >= 11 is 0. The Bertz CT molecular complexity index is 872. The maximum absolute atomic E-state index is 12.7. The summed E-state index contributed by atoms with van der Waals surface area (Å²) in [5.41, 5.74) is 3.27. The molecule has 0 saturated carbocycles. The molecule has 0 heterocycles. The molecule has 5 nitrogen and oxygen atoms in total. The van der Waals surface area contributed by atoms with Gasteiger partial charge in [-0.3, -0.25) is 4.79 Å². The summed E-state index contributed by atoms with van der Waals surface area (Å²) < 4.78 is 23.5. The first kappa shape index (κ1) is 19.0. The van der Waals surface area contributed by atoms with Gasteiger partial charge >= 0.3 is 0 Å². The van der Waals surface area contributed by atoms with Crippen LogP contribution in [0.1, 0.15) is 21.5 Å². The normalized spacial score (nSPS) is 11.2. The van der Waals surface area contributed by atoms with Crippen LogP contribution >= 0.6 is 0 Å². The average Bonchev–Trinajstić information content (AvgIpc) is 2.54. The second-order valence-corrected chi connectivity index (χ2v) is 8.49. The van der Waals surface area contributed by atoms with Crippen LogP contribution in [0.5, 0.6) is 0 Å². The summed E-state index contributed by atoms with van der Waals surface area (Å²) in [6.07, 6.45) is 1.14. The Labute approximate surface area is 149 Å². The van der Waals surface area contributed by atoms with Gasteiger partial charge in [-0.2, -0.15) is 0 Å². The van der Waals surface area contributed by atoms with E-state index in [0.717, 1.165) is 23.1 Å². The summed E-state index contributed by atoms with van der Waals surface area (Å²) in [7, 11) is 2.32. The molecule has 0 aliphatic carbocycles. The predicted octanol–water partition coefficient (Wildman–Crippen LogP) is 2.74. The standard InChI is InChI=1S/C19H24N2O3S/c1-14-6-11-17(25(5,23)24)12-18(14)19(22)21(4)13-15-7-9-16(10-8-15)20(2)3/h6-12H,13H2,1-5H3. The summed E-state index contributed by atoms with van der Waals surface area (Å²) in [6.45, 7) is 2.26. The Kier molecular flexibility index (Phi) is 5.52. The first-order chi connectivity index (χ1) is 11.6. The van der Waals surface area contributed by atoms with Crippen LogP contribution in [0.4, 0.5) is 5.69 Å². The fourth-order valence-electron chi connectivity index (χ4n) is 2.51. The third-order valence-electron chi connectivity index (χ3n) is 4.09. The van der Waals surface area contributed by atoms with Gasteiger partial charge in [0.2, 0.25) is 0 Å². The number of hydrogen-bond donors (Lipinski definition) is 0. The average molecular weight is 360 g/mol. The minimum absolute atomic E-state index is 0.158. The lowest BCUT2D eigenvalue weighted by Crippen LogP contribution is -2.27. The molecule has 134 valence electrons. The van der Waals surface area contributed by atoms with Crippen LogP contribution in [0.15, 0.2) is 47.4 Å². The molecule has 2 aromatic rings. The Balaban J connectivity index is 2.22. The molecule has 0 bridgehead atoms. The zero-order chi connectivity index (χ0) is 18.8. The number of benzene rings is 2. The van der Waals surface area contributed by atoms with Gasteiger partial charge in [-0.15, -0.1) is 0 Å². The number of aryl methyl sites for hydroxylation is 1. The smallest absolute Gasteiger partial charge is 0.254 e. The molecule has 6 heteroatoms. The number of sulfone groups is 1. The summed E-state index contributed by atoms with van der Waals surface area (Å²) in [5.74, 6) is -0.195. The molecule has 1 amide bonds. The Morgan fingerprint density at radius 3 is 2.12 bits per heavy atom. The summed E-state index contributed by atoms with van der Waals surface area (Å²) in [4.78, 5) is 16.5. The van der Waals surface area contributed by atoms with Crippen LogP contribution in [0, 0.1) is 6.92 Å². The number of amides is 1. The summed E-state index contributed by atoms with van der Waals surface area (Å²) in [6, 6.07) is 12.6. The second kappa shape index (κ2) is 7.27. The van der Waals surface area contributed by atoms with Crippen LogP contribution in [0.3, 0.4) is 0 Å². The molecule has 0 fully saturated rings. The number of carbonyl (C=O) groups is 1. The number of carbonyl (C=O) groups excluding carboxylic acids is 1. The van der Waals surface area contributed by atoms with Crippen molar-refractivity contribution in [3.63, 3.8) is 0 Å². The van der Waals surface area contributed by atoms with Gasteiger partial charge in [-0.1, -0.05) is 18.2 Å². The van der Waals surface area contributed by atoms with E-state index < -0.39 is 9.84 Å². The molecule has 0 aromatic heterocycles. The minimum Gasteiger partial charge on any atom is -0.378 e. The van der Waals surface area contributed by atoms with E-state index in [0.29, 0.717) is 12.1 Å². The van der Waals surface area contributed by atoms with Crippen molar-refractivity contribution in [1.29, 1.82) is 0 Å². The fraction of sp³-hybridized carbons (Fsp3) is 0.316. The van der Waals surface area contributed by atoms with Crippen LogP contribution in [0.25, 0.3) is 0 Å². The van der Waals surface area contributed by atoms with Crippen molar-refractivity contribution in [1.82, 2.24) is 4.90 Å². The van der Waals surface area contributed by atoms with E-state index in [1.807, 2.05) is 43.3 Å². The van der Waals surface area contributed by atoms with E-state index in [1.165, 1.54) is 12.1 Å². The van der Waals surface area contributed by atoms with Crippen molar-refractivity contribution >= 4 is 21.4 Å². The zero-order valence-electron chi connectivity index (χ0n) is 15.3. The Hall–Kier alpha value is -2.34. The van der Waals surface area contributed by atoms with Gasteiger partial charge in [-0.25, -0.2) is 8.42 Å². The molecular formula is C19H24N2O3S. The number of nitrogens with zero attached hydrogens (tertiary/aromatic N) is 2. The van der Waals surface area contributed by atoms with E-state index in [-0.39, 0.29) is 10.8 Å². The van der Waals surface area contributed by atoms with Gasteiger partial charge in [0.15, 0.2) is 9.84 Å². The molecular weight excluding hydrogens is 336 g/mol. The van der Waals surface area contributed by atoms with Crippen molar-refractivity contribution in [3.05, 3.63) is 59.2 Å². The fourth-order valence-corrected chi connectivity index (χ4v) is 3.16. The topological polar surface area (TPSA) is 57.7 Å². The molecule has 0 spiro atoms. The quantitative estimate of drug-likeness (QED) is 0.823. The SMILES string of the molecule is Cc1ccc(S(C)(=O)=O)cc1C(=O)N(C)Cc1ccc(N(C)C)cc1. The highest BCUT2D eigenvalue weighted by Gasteiger charge is 2.17. The Morgan fingerprint density at radius 2 is 1.60 bits per heavy atom. The van der Waals surface area contributed by atoms with Gasteiger partial charge in [-0.05, 0) is 42.3 Å². The second-order valence-electron chi connectivity index (χ2n) is 6.47. The monoisotopic (exact) mass is 360 g/mol. The van der Waals surface area contributed by atoms with Crippen molar-refractivity contribution in [2.75, 3.05) is 32.3 Å². The maximum Gasteiger partial charge on any atom is 0.254 e. The van der Waals surface area contributed by atoms with E-state index in [2.05, 4.69) is 0 Å². The molecule has 0 radical (unpaired) electrons. The maximum atomic E-state index is 12.7. The van der Waals surface area contributed by atoms with E-state index in [1.54, 1.807) is 24.9 Å². The number of anilines is 1. The molecule has 2 aromatic carbocycles. The number of hydrogen-bond acceptors (Lipinski definition) is 4. The third kappa shape index (κ3) is 4.60. The van der Waals surface area contributed by atoms with E-state index in [9.17, 15) is 13.2 Å². The molecule has 2 rings (SSSR count). The van der Waals surface area contributed by atoms with Crippen LogP contribution in [-0.2, 0) is 16.4 Å².